The zero-order valence-electron chi connectivity index (χ0n) is 17.7. The Morgan fingerprint density at radius 1 is 0.969 bits per heavy atom. The molecule has 1 aromatic heterocycles. The van der Waals surface area contributed by atoms with E-state index in [1.165, 1.54) is 29.2 Å². The smallest absolute Gasteiger partial charge is 0.269 e. The van der Waals surface area contributed by atoms with Crippen molar-refractivity contribution in [2.45, 2.75) is 20.4 Å². The average Bonchev–Trinajstić information content (AvgIpc) is 2.77. The SMILES string of the molecule is Cc1cccc(N(Cc2cc3ccc(C)cc3[nH]c2=O)C(=O)c2ccc([N+](=O)[O-])cc2)c1. The number of aryl methyl sites for hydroxylation is 2. The van der Waals surface area contributed by atoms with Crippen molar-refractivity contribution in [2.24, 2.45) is 0 Å². The summed E-state index contributed by atoms with van der Waals surface area (Å²) in [6.45, 7) is 3.93. The monoisotopic (exact) mass is 427 g/mol. The fourth-order valence-electron chi connectivity index (χ4n) is 3.61. The lowest BCUT2D eigenvalue weighted by molar-refractivity contribution is -0.384. The maximum atomic E-state index is 13.4. The quantitative estimate of drug-likeness (QED) is 0.362. The Balaban J connectivity index is 1.76. The Bertz CT molecular complexity index is 1390. The number of nitrogens with zero attached hydrogens (tertiary/aromatic N) is 2. The van der Waals surface area contributed by atoms with Crippen LogP contribution in [0.3, 0.4) is 0 Å². The van der Waals surface area contributed by atoms with E-state index < -0.39 is 4.92 Å². The highest BCUT2D eigenvalue weighted by atomic mass is 16.6. The molecule has 0 unspecified atom stereocenters. The summed E-state index contributed by atoms with van der Waals surface area (Å²) in [5.74, 6) is -0.353. The minimum atomic E-state index is -0.511. The number of carbonyl (C=O) groups is 1. The van der Waals surface area contributed by atoms with Gasteiger partial charge in [-0.05, 0) is 66.8 Å². The number of hydrogen-bond acceptors (Lipinski definition) is 4. The Kier molecular flexibility index (Phi) is 5.55. The van der Waals surface area contributed by atoms with Gasteiger partial charge < -0.3 is 9.88 Å². The molecule has 1 amide bonds. The maximum absolute atomic E-state index is 13.4. The number of aromatic amines is 1. The number of rotatable bonds is 5. The largest absolute Gasteiger partial charge is 0.322 e. The molecule has 0 bridgehead atoms. The van der Waals surface area contributed by atoms with Crippen molar-refractivity contribution >= 4 is 28.2 Å². The highest BCUT2D eigenvalue weighted by molar-refractivity contribution is 6.06. The van der Waals surface area contributed by atoms with Gasteiger partial charge in [-0.1, -0.05) is 24.3 Å². The average molecular weight is 427 g/mol. The fourth-order valence-corrected chi connectivity index (χ4v) is 3.61. The summed E-state index contributed by atoms with van der Waals surface area (Å²) in [7, 11) is 0. The summed E-state index contributed by atoms with van der Waals surface area (Å²) in [4.78, 5) is 41.0. The maximum Gasteiger partial charge on any atom is 0.269 e. The number of amides is 1. The van der Waals surface area contributed by atoms with Gasteiger partial charge in [-0.15, -0.1) is 0 Å². The van der Waals surface area contributed by atoms with Gasteiger partial charge in [0.1, 0.15) is 0 Å². The van der Waals surface area contributed by atoms with Gasteiger partial charge in [-0.2, -0.15) is 0 Å². The lowest BCUT2D eigenvalue weighted by atomic mass is 10.1. The van der Waals surface area contributed by atoms with Crippen molar-refractivity contribution in [3.05, 3.63) is 116 Å². The zero-order valence-corrected chi connectivity index (χ0v) is 17.7. The van der Waals surface area contributed by atoms with Crippen LogP contribution in [-0.4, -0.2) is 15.8 Å². The minimum absolute atomic E-state index is 0.0540. The first-order valence-corrected chi connectivity index (χ1v) is 10.1. The second kappa shape index (κ2) is 8.47. The van der Waals surface area contributed by atoms with Crippen LogP contribution >= 0.6 is 0 Å². The number of benzene rings is 3. The normalized spacial score (nSPS) is 10.8. The van der Waals surface area contributed by atoms with Crippen molar-refractivity contribution in [1.82, 2.24) is 4.98 Å². The number of fused-ring (bicyclic) bond motifs is 1. The molecule has 0 spiro atoms. The Labute approximate surface area is 184 Å². The van der Waals surface area contributed by atoms with E-state index in [4.69, 9.17) is 0 Å². The van der Waals surface area contributed by atoms with Crippen LogP contribution in [0.5, 0.6) is 0 Å². The van der Waals surface area contributed by atoms with E-state index >= 15 is 0 Å². The Hall–Kier alpha value is -4.26. The molecule has 7 heteroatoms. The molecule has 0 aliphatic rings. The molecular weight excluding hydrogens is 406 g/mol. The van der Waals surface area contributed by atoms with Crippen LogP contribution in [-0.2, 0) is 6.54 Å². The van der Waals surface area contributed by atoms with E-state index in [1.54, 1.807) is 12.1 Å². The summed E-state index contributed by atoms with van der Waals surface area (Å²) >= 11 is 0. The van der Waals surface area contributed by atoms with Crippen molar-refractivity contribution < 1.29 is 9.72 Å². The Morgan fingerprint density at radius 3 is 2.38 bits per heavy atom. The van der Waals surface area contributed by atoms with Gasteiger partial charge >= 0.3 is 0 Å². The predicted octanol–water partition coefficient (Wildman–Crippen LogP) is 4.90. The summed E-state index contributed by atoms with van der Waals surface area (Å²) in [6, 6.07) is 20.5. The molecule has 3 aromatic carbocycles. The molecule has 0 radical (unpaired) electrons. The van der Waals surface area contributed by atoms with Gasteiger partial charge in [0.05, 0.1) is 11.5 Å². The third kappa shape index (κ3) is 4.27. The molecule has 0 saturated heterocycles. The number of non-ortho nitro benzene ring substituents is 1. The van der Waals surface area contributed by atoms with Crippen LogP contribution in [0.2, 0.25) is 0 Å². The lowest BCUT2D eigenvalue weighted by Gasteiger charge is -2.23. The number of H-pyrrole nitrogens is 1. The standard InChI is InChI=1S/C25H21N3O4/c1-16-4-3-5-22(12-16)27(25(30)18-8-10-21(11-9-18)28(31)32)15-20-14-19-7-6-17(2)13-23(19)26-24(20)29/h3-14H,15H2,1-2H3,(H,26,29). The molecule has 4 rings (SSSR count). The van der Waals surface area contributed by atoms with Gasteiger partial charge in [-0.3, -0.25) is 19.7 Å². The molecule has 0 saturated carbocycles. The van der Waals surface area contributed by atoms with E-state index in [0.29, 0.717) is 16.8 Å². The van der Waals surface area contributed by atoms with E-state index in [9.17, 15) is 19.7 Å². The molecule has 0 atom stereocenters. The highest BCUT2D eigenvalue weighted by Crippen LogP contribution is 2.23. The molecule has 32 heavy (non-hydrogen) atoms. The van der Waals surface area contributed by atoms with E-state index in [-0.39, 0.29) is 23.7 Å². The summed E-state index contributed by atoms with van der Waals surface area (Å²) in [5.41, 5.74) is 3.76. The van der Waals surface area contributed by atoms with Gasteiger partial charge in [0.25, 0.3) is 17.2 Å². The first-order valence-electron chi connectivity index (χ1n) is 10.1. The van der Waals surface area contributed by atoms with Crippen LogP contribution in [0.25, 0.3) is 10.9 Å². The molecule has 1 N–H and O–H groups in total. The number of pyridine rings is 1. The number of nitro benzene ring substituents is 1. The number of nitro groups is 1. The molecule has 0 aliphatic heterocycles. The first kappa shape index (κ1) is 21.0. The van der Waals surface area contributed by atoms with Crippen molar-refractivity contribution in [3.63, 3.8) is 0 Å². The van der Waals surface area contributed by atoms with E-state index in [1.807, 2.05) is 50.2 Å². The molecule has 4 aromatic rings. The highest BCUT2D eigenvalue weighted by Gasteiger charge is 2.21. The van der Waals surface area contributed by atoms with Crippen LogP contribution in [0.4, 0.5) is 11.4 Å². The third-order valence-electron chi connectivity index (χ3n) is 5.29. The summed E-state index contributed by atoms with van der Waals surface area (Å²) in [5, 5.41) is 11.8. The van der Waals surface area contributed by atoms with Gasteiger partial charge in [0.2, 0.25) is 0 Å². The van der Waals surface area contributed by atoms with Crippen LogP contribution in [0.1, 0.15) is 27.0 Å². The predicted molar refractivity (Wildman–Crippen MR) is 124 cm³/mol. The molecule has 7 nitrogen and oxygen atoms in total. The molecule has 0 aliphatic carbocycles. The zero-order chi connectivity index (χ0) is 22.8. The summed E-state index contributed by atoms with van der Waals surface area (Å²) < 4.78 is 0. The second-order valence-corrected chi connectivity index (χ2v) is 7.75. The topological polar surface area (TPSA) is 96.3 Å². The fraction of sp³-hybridized carbons (Fsp3) is 0.120. The number of anilines is 1. The lowest BCUT2D eigenvalue weighted by Crippen LogP contribution is -2.33. The molecule has 160 valence electrons. The van der Waals surface area contributed by atoms with Crippen molar-refractivity contribution in [1.29, 1.82) is 0 Å². The van der Waals surface area contributed by atoms with E-state index in [2.05, 4.69) is 4.98 Å². The molecule has 0 fully saturated rings. The number of nitrogens with one attached hydrogen (secondary N) is 1. The van der Waals surface area contributed by atoms with Crippen LogP contribution in [0, 0.1) is 24.0 Å². The number of carbonyl (C=O) groups excluding carboxylic acids is 1. The summed E-state index contributed by atoms with van der Waals surface area (Å²) in [6.07, 6.45) is 0. The minimum Gasteiger partial charge on any atom is -0.322 e. The molecule has 1 heterocycles. The molecular formula is C25H21N3O4. The van der Waals surface area contributed by atoms with E-state index in [0.717, 1.165) is 22.0 Å². The Morgan fingerprint density at radius 2 is 1.69 bits per heavy atom. The van der Waals surface area contributed by atoms with Crippen LogP contribution < -0.4 is 10.5 Å². The van der Waals surface area contributed by atoms with Gasteiger partial charge in [0, 0.05) is 34.5 Å². The first-order chi connectivity index (χ1) is 15.3. The number of hydrogen-bond donors (Lipinski definition) is 1. The van der Waals surface area contributed by atoms with Crippen LogP contribution in [0.15, 0.2) is 77.6 Å². The second-order valence-electron chi connectivity index (χ2n) is 7.75. The number of aromatic nitrogens is 1. The van der Waals surface area contributed by atoms with Gasteiger partial charge in [0.15, 0.2) is 0 Å². The van der Waals surface area contributed by atoms with Gasteiger partial charge in [-0.25, -0.2) is 0 Å². The van der Waals surface area contributed by atoms with Crippen molar-refractivity contribution in [3.8, 4) is 0 Å². The van der Waals surface area contributed by atoms with Crippen molar-refractivity contribution in [2.75, 3.05) is 4.90 Å². The third-order valence-corrected chi connectivity index (χ3v) is 5.29.